The van der Waals surface area contributed by atoms with E-state index in [1.165, 1.54) is 23.5 Å². The SMILES string of the molecule is CN=C(NCc1cn(C)nc1C(F)(F)F)NCC1(c2cccc(Br)c2)CC1. The summed E-state index contributed by atoms with van der Waals surface area (Å²) in [7, 11) is 3.07. The lowest BCUT2D eigenvalue weighted by Gasteiger charge is -2.19. The van der Waals surface area contributed by atoms with Crippen LogP contribution < -0.4 is 10.6 Å². The second kappa shape index (κ2) is 7.53. The van der Waals surface area contributed by atoms with Gasteiger partial charge in [0.05, 0.1) is 0 Å². The lowest BCUT2D eigenvalue weighted by molar-refractivity contribution is -0.142. The van der Waals surface area contributed by atoms with Crippen molar-refractivity contribution < 1.29 is 13.2 Å². The second-order valence-electron chi connectivity index (χ2n) is 6.74. The normalized spacial score (nSPS) is 16.3. The molecular weight excluding hydrogens is 423 g/mol. The molecule has 146 valence electrons. The maximum atomic E-state index is 13.0. The van der Waals surface area contributed by atoms with E-state index in [0.29, 0.717) is 12.5 Å². The molecule has 1 aliphatic carbocycles. The topological polar surface area (TPSA) is 54.2 Å². The van der Waals surface area contributed by atoms with Crippen LogP contribution in [0.4, 0.5) is 13.2 Å². The number of aliphatic imine (C=N–C) groups is 1. The highest BCUT2D eigenvalue weighted by Crippen LogP contribution is 2.48. The van der Waals surface area contributed by atoms with Gasteiger partial charge in [-0.15, -0.1) is 0 Å². The van der Waals surface area contributed by atoms with Gasteiger partial charge in [0.25, 0.3) is 0 Å². The van der Waals surface area contributed by atoms with Crippen LogP contribution in [0.3, 0.4) is 0 Å². The van der Waals surface area contributed by atoms with Crippen LogP contribution >= 0.6 is 15.9 Å². The van der Waals surface area contributed by atoms with E-state index in [0.717, 1.165) is 17.3 Å². The number of rotatable bonds is 5. The Hall–Kier alpha value is -2.03. The Bertz CT molecular complexity index is 840. The molecule has 9 heteroatoms. The minimum atomic E-state index is -4.48. The number of nitrogens with one attached hydrogen (secondary N) is 2. The van der Waals surface area contributed by atoms with Gasteiger partial charge in [0.2, 0.25) is 0 Å². The molecule has 1 saturated carbocycles. The molecule has 2 aromatic rings. The molecule has 0 atom stereocenters. The van der Waals surface area contributed by atoms with E-state index in [4.69, 9.17) is 0 Å². The fourth-order valence-electron chi connectivity index (χ4n) is 3.09. The summed E-state index contributed by atoms with van der Waals surface area (Å²) < 4.78 is 41.3. The molecule has 1 fully saturated rings. The Morgan fingerprint density at radius 3 is 2.67 bits per heavy atom. The third-order valence-electron chi connectivity index (χ3n) is 4.73. The Labute approximate surface area is 164 Å². The molecule has 0 radical (unpaired) electrons. The monoisotopic (exact) mass is 443 g/mol. The number of halogens is 4. The first kappa shape index (κ1) is 19.7. The van der Waals surface area contributed by atoms with E-state index in [9.17, 15) is 13.2 Å². The largest absolute Gasteiger partial charge is 0.435 e. The number of nitrogens with zero attached hydrogens (tertiary/aromatic N) is 3. The lowest BCUT2D eigenvalue weighted by Crippen LogP contribution is -2.41. The molecule has 0 amide bonds. The molecule has 0 saturated heterocycles. The molecule has 1 aromatic carbocycles. The quantitative estimate of drug-likeness (QED) is 0.548. The number of hydrogen-bond acceptors (Lipinski definition) is 2. The highest BCUT2D eigenvalue weighted by molar-refractivity contribution is 9.10. The van der Waals surface area contributed by atoms with Crippen LogP contribution in [0.25, 0.3) is 0 Å². The van der Waals surface area contributed by atoms with Crippen molar-refractivity contribution in [2.45, 2.75) is 31.0 Å². The zero-order valence-electron chi connectivity index (χ0n) is 15.1. The van der Waals surface area contributed by atoms with Gasteiger partial charge in [0.1, 0.15) is 0 Å². The van der Waals surface area contributed by atoms with Gasteiger partial charge in [-0.25, -0.2) is 0 Å². The van der Waals surface area contributed by atoms with Crippen LogP contribution in [-0.4, -0.2) is 29.3 Å². The van der Waals surface area contributed by atoms with Crippen molar-refractivity contribution >= 4 is 21.9 Å². The Morgan fingerprint density at radius 2 is 2.07 bits per heavy atom. The average Bonchev–Trinajstić information content (AvgIpc) is 3.30. The number of alkyl halides is 3. The van der Waals surface area contributed by atoms with E-state index in [-0.39, 0.29) is 17.5 Å². The molecule has 0 spiro atoms. The van der Waals surface area contributed by atoms with Crippen LogP contribution in [0.1, 0.15) is 29.7 Å². The maximum Gasteiger partial charge on any atom is 0.435 e. The van der Waals surface area contributed by atoms with Crippen LogP contribution in [0.2, 0.25) is 0 Å². The van der Waals surface area contributed by atoms with E-state index < -0.39 is 11.9 Å². The fraction of sp³-hybridized carbons (Fsp3) is 0.444. The molecule has 1 aromatic heterocycles. The number of benzene rings is 1. The summed E-state index contributed by atoms with van der Waals surface area (Å²) in [6.07, 6.45) is -0.983. The molecule has 1 heterocycles. The first-order valence-electron chi connectivity index (χ1n) is 8.54. The van der Waals surface area contributed by atoms with E-state index >= 15 is 0 Å². The highest BCUT2D eigenvalue weighted by atomic mass is 79.9. The van der Waals surface area contributed by atoms with Crippen molar-refractivity contribution in [3.05, 3.63) is 51.8 Å². The molecule has 0 unspecified atom stereocenters. The van der Waals surface area contributed by atoms with E-state index in [1.807, 2.05) is 12.1 Å². The Morgan fingerprint density at radius 1 is 1.33 bits per heavy atom. The Balaban J connectivity index is 1.61. The predicted octanol–water partition coefficient (Wildman–Crippen LogP) is 3.60. The van der Waals surface area contributed by atoms with Crippen molar-refractivity contribution in [3.8, 4) is 0 Å². The zero-order valence-corrected chi connectivity index (χ0v) is 16.7. The molecule has 0 bridgehead atoms. The number of aromatic nitrogens is 2. The summed E-state index contributed by atoms with van der Waals surface area (Å²) in [4.78, 5) is 4.12. The molecule has 0 aliphatic heterocycles. The summed E-state index contributed by atoms with van der Waals surface area (Å²) in [5.41, 5.74) is 0.501. The number of hydrogen-bond donors (Lipinski definition) is 2. The minimum Gasteiger partial charge on any atom is -0.356 e. The van der Waals surface area contributed by atoms with Gasteiger partial charge in [-0.05, 0) is 30.5 Å². The lowest BCUT2D eigenvalue weighted by atomic mass is 9.96. The second-order valence-corrected chi connectivity index (χ2v) is 7.66. The van der Waals surface area contributed by atoms with Crippen LogP contribution in [0.5, 0.6) is 0 Å². The first-order chi connectivity index (χ1) is 12.7. The average molecular weight is 444 g/mol. The van der Waals surface area contributed by atoms with Gasteiger partial charge in [-0.3, -0.25) is 9.67 Å². The first-order valence-corrected chi connectivity index (χ1v) is 9.33. The van der Waals surface area contributed by atoms with Gasteiger partial charge >= 0.3 is 6.18 Å². The molecule has 1 aliphatic rings. The molecular formula is C18H21BrF3N5. The van der Waals surface area contributed by atoms with Gasteiger partial charge in [-0.1, -0.05) is 28.1 Å². The van der Waals surface area contributed by atoms with Crippen molar-refractivity contribution in [2.75, 3.05) is 13.6 Å². The highest BCUT2D eigenvalue weighted by Gasteiger charge is 2.44. The molecule has 2 N–H and O–H groups in total. The molecule has 3 rings (SSSR count). The van der Waals surface area contributed by atoms with E-state index in [1.54, 1.807) is 7.05 Å². The third kappa shape index (κ3) is 4.63. The van der Waals surface area contributed by atoms with Crippen molar-refractivity contribution in [3.63, 3.8) is 0 Å². The minimum absolute atomic E-state index is 0.00770. The predicted molar refractivity (Wildman–Crippen MR) is 101 cm³/mol. The van der Waals surface area contributed by atoms with Crippen LogP contribution in [0, 0.1) is 0 Å². The number of aryl methyl sites for hydroxylation is 1. The van der Waals surface area contributed by atoms with Gasteiger partial charge in [0.15, 0.2) is 11.7 Å². The van der Waals surface area contributed by atoms with Crippen molar-refractivity contribution in [2.24, 2.45) is 12.0 Å². The summed E-state index contributed by atoms with van der Waals surface area (Å²) in [6.45, 7) is 0.661. The summed E-state index contributed by atoms with van der Waals surface area (Å²) >= 11 is 3.50. The van der Waals surface area contributed by atoms with Gasteiger partial charge in [0, 0.05) is 48.8 Å². The molecule has 27 heavy (non-hydrogen) atoms. The smallest absolute Gasteiger partial charge is 0.356 e. The summed E-state index contributed by atoms with van der Waals surface area (Å²) in [5, 5.41) is 9.71. The standard InChI is InChI=1S/C18H21BrF3N5/c1-23-16(24-9-12-10-27(2)26-15(12)18(20,21)22)25-11-17(6-7-17)13-4-3-5-14(19)8-13/h3-5,8,10H,6-7,9,11H2,1-2H3,(H2,23,24,25). The maximum absolute atomic E-state index is 13.0. The summed E-state index contributed by atoms with van der Waals surface area (Å²) in [5.74, 6) is 0.466. The van der Waals surface area contributed by atoms with Crippen LogP contribution in [-0.2, 0) is 25.2 Å². The Kier molecular flexibility index (Phi) is 5.50. The van der Waals surface area contributed by atoms with Crippen LogP contribution in [0.15, 0.2) is 39.9 Å². The van der Waals surface area contributed by atoms with E-state index in [2.05, 4.69) is 48.8 Å². The fourth-order valence-corrected chi connectivity index (χ4v) is 3.49. The van der Waals surface area contributed by atoms with Crippen molar-refractivity contribution in [1.82, 2.24) is 20.4 Å². The van der Waals surface area contributed by atoms with Gasteiger partial charge < -0.3 is 10.6 Å². The molecule has 5 nitrogen and oxygen atoms in total. The van der Waals surface area contributed by atoms with Gasteiger partial charge in [-0.2, -0.15) is 18.3 Å². The third-order valence-corrected chi connectivity index (χ3v) is 5.22. The number of guanidine groups is 1. The zero-order chi connectivity index (χ0) is 19.7. The van der Waals surface area contributed by atoms with Crippen molar-refractivity contribution in [1.29, 1.82) is 0 Å². The summed E-state index contributed by atoms with van der Waals surface area (Å²) in [6, 6.07) is 8.20.